The van der Waals surface area contributed by atoms with E-state index in [9.17, 15) is 79.8 Å². The highest BCUT2D eigenvalue weighted by atomic mass is 32.1. The highest BCUT2D eigenvalue weighted by molar-refractivity contribution is 7.82. The molecule has 0 radical (unpaired) electrons. The number of aliphatic hydroxyl groups excluding tert-OH is 6. The molecule has 4 aromatic rings. The first kappa shape index (κ1) is 89.9. The van der Waals surface area contributed by atoms with Gasteiger partial charge in [0.1, 0.15) is 48.1 Å². The van der Waals surface area contributed by atoms with Gasteiger partial charge in [-0.1, -0.05) is 95.3 Å². The largest absolute Gasteiger partial charge is 0.502 e. The lowest BCUT2D eigenvalue weighted by molar-refractivity contribution is -0.126. The third-order valence-electron chi connectivity index (χ3n) is 19.8. The van der Waals surface area contributed by atoms with Gasteiger partial charge in [0.25, 0.3) is 0 Å². The fraction of sp³-hybridized carbons (Fsp3) is 0.692. The maximum absolute atomic E-state index is 12.4. The lowest BCUT2D eigenvalue weighted by Gasteiger charge is -2.32. The minimum atomic E-state index is -0.570. The van der Waals surface area contributed by atoms with Crippen molar-refractivity contribution < 1.29 is 78.3 Å². The molecule has 10 N–H and O–H groups in total. The molecule has 6 unspecified atom stereocenters. The molecule has 104 heavy (non-hydrogen) atoms. The van der Waals surface area contributed by atoms with Crippen LogP contribution in [0.25, 0.3) is 0 Å². The molecule has 2 aliphatic rings. The molecule has 586 valence electrons. The monoisotopic (exact) mass is 1500 g/mol. The van der Waals surface area contributed by atoms with Gasteiger partial charge in [0, 0.05) is 62.3 Å². The van der Waals surface area contributed by atoms with E-state index < -0.39 is 81.3 Å². The first-order valence-corrected chi connectivity index (χ1v) is 37.5. The summed E-state index contributed by atoms with van der Waals surface area (Å²) in [6, 6.07) is 2.36. The summed E-state index contributed by atoms with van der Waals surface area (Å²) >= 11 is 11.1. The molecule has 0 bridgehead atoms. The van der Waals surface area contributed by atoms with Crippen molar-refractivity contribution >= 4 is 46.5 Å². The summed E-state index contributed by atoms with van der Waals surface area (Å²) in [4.78, 5) is 79.6. The number of aliphatic hydroxyl groups is 6. The molecule has 3 amide bonds. The number of likely N-dealkylation sites (N-methyl/N-ethyl adjacent to an activating group) is 2. The van der Waals surface area contributed by atoms with Gasteiger partial charge in [-0.15, -0.1) is 0 Å². The molecular formula is C78H122N4O20S2. The Morgan fingerprint density at radius 3 is 1.00 bits per heavy atom. The molecule has 2 saturated heterocycles. The molecule has 2 aliphatic heterocycles. The van der Waals surface area contributed by atoms with E-state index in [2.05, 4.69) is 30.6 Å². The van der Waals surface area contributed by atoms with Gasteiger partial charge in [0.2, 0.25) is 27.6 Å². The van der Waals surface area contributed by atoms with Crippen molar-refractivity contribution in [3.05, 3.63) is 113 Å². The molecule has 2 fully saturated rings. The molecule has 26 heteroatoms. The van der Waals surface area contributed by atoms with Gasteiger partial charge in [0.15, 0.2) is 28.1 Å². The van der Waals surface area contributed by atoms with E-state index in [1.54, 1.807) is 4.90 Å². The Labute approximate surface area is 624 Å². The Hall–Kier alpha value is -6.52. The first-order chi connectivity index (χ1) is 48.2. The minimum Gasteiger partial charge on any atom is -0.502 e. The van der Waals surface area contributed by atoms with Crippen LogP contribution in [0.3, 0.4) is 0 Å². The zero-order valence-corrected chi connectivity index (χ0v) is 65.7. The summed E-state index contributed by atoms with van der Waals surface area (Å²) in [5, 5.41) is 101. The number of amides is 3. The molecule has 0 aliphatic carbocycles. The van der Waals surface area contributed by atoms with Gasteiger partial charge in [0.05, 0.1) is 55.7 Å². The van der Waals surface area contributed by atoms with E-state index in [-0.39, 0.29) is 51.0 Å². The van der Waals surface area contributed by atoms with Gasteiger partial charge in [-0.25, -0.2) is 4.79 Å². The van der Waals surface area contributed by atoms with Crippen LogP contribution in [0.2, 0.25) is 0 Å². The van der Waals surface area contributed by atoms with Crippen LogP contribution < -0.4 is 21.7 Å². The predicted octanol–water partition coefficient (Wildman–Crippen LogP) is 11.4. The van der Waals surface area contributed by atoms with Crippen LogP contribution in [0.5, 0.6) is 23.0 Å². The topological polar surface area (TPSA) is 370 Å². The molecular weight excluding hydrogens is 1380 g/mol. The SMILES string of the molecule is CC(C)(CCC(O)CCC(O)CCC(C)(C)Cc1cc(=O)c(O)co1)Cc1cc(=O)c(O)co1.CC(C)(CCC(O)CCC(O)CCC(C)(C)Cc1cocc(O)c1=O)Cc1cocc(O)c1=O.CCN1CC(=O)N(CC(C)(C)CCC(O)CCC(O)CCC(C)(C)CN2C(=S)CN(CC)C2=S)C1=O. The van der Waals surface area contributed by atoms with Gasteiger partial charge in [-0.2, -0.15) is 0 Å². The Balaban J connectivity index is 0.000000330. The van der Waals surface area contributed by atoms with Crippen molar-refractivity contribution in [2.75, 3.05) is 39.3 Å². The zero-order chi connectivity index (χ0) is 78.3. The average molecular weight is 1500 g/mol. The predicted molar refractivity (Wildman–Crippen MR) is 407 cm³/mol. The second-order valence-electron chi connectivity index (χ2n) is 33.5. The zero-order valence-electron chi connectivity index (χ0n) is 64.0. The summed E-state index contributed by atoms with van der Waals surface area (Å²) in [5.74, 6) is -0.806. The summed E-state index contributed by atoms with van der Waals surface area (Å²) in [6.07, 6.45) is 16.1. The lowest BCUT2D eigenvalue weighted by Crippen LogP contribution is -2.40. The fourth-order valence-corrected chi connectivity index (χ4v) is 13.7. The fourth-order valence-electron chi connectivity index (χ4n) is 12.9. The smallest absolute Gasteiger partial charge is 0.327 e. The highest BCUT2D eigenvalue weighted by Gasteiger charge is 2.39. The van der Waals surface area contributed by atoms with E-state index in [0.717, 1.165) is 54.7 Å². The number of urea groups is 1. The van der Waals surface area contributed by atoms with Gasteiger partial charge in [-0.05, 0) is 187 Å². The Kier molecular flexibility index (Phi) is 34.9. The number of imide groups is 1. The molecule has 0 spiro atoms. The van der Waals surface area contributed by atoms with E-state index in [1.165, 1.54) is 29.6 Å². The van der Waals surface area contributed by atoms with Crippen LogP contribution in [0.15, 0.2) is 86.6 Å². The summed E-state index contributed by atoms with van der Waals surface area (Å²) in [7, 11) is 0. The quantitative estimate of drug-likeness (QED) is 0.0146. The third-order valence-corrected chi connectivity index (χ3v) is 20.7. The minimum absolute atomic E-state index is 0.0563. The summed E-state index contributed by atoms with van der Waals surface area (Å²) < 4.78 is 20.5. The maximum Gasteiger partial charge on any atom is 0.327 e. The molecule has 0 saturated carbocycles. The highest BCUT2D eigenvalue weighted by Crippen LogP contribution is 2.35. The van der Waals surface area contributed by atoms with Crippen LogP contribution in [0.4, 0.5) is 4.79 Å². The van der Waals surface area contributed by atoms with E-state index >= 15 is 0 Å². The second kappa shape index (κ2) is 40.4. The Morgan fingerprint density at radius 2 is 0.702 bits per heavy atom. The first-order valence-electron chi connectivity index (χ1n) is 36.7. The van der Waals surface area contributed by atoms with Crippen LogP contribution in [-0.2, 0) is 30.5 Å². The van der Waals surface area contributed by atoms with Crippen LogP contribution in [-0.4, -0.2) is 169 Å². The normalized spacial score (nSPS) is 15.9. The lowest BCUT2D eigenvalue weighted by atomic mass is 9.80. The van der Waals surface area contributed by atoms with Crippen molar-refractivity contribution in [3.63, 3.8) is 0 Å². The number of nitrogens with zero attached hydrogens (tertiary/aromatic N) is 4. The van der Waals surface area contributed by atoms with Crippen molar-refractivity contribution in [1.29, 1.82) is 0 Å². The van der Waals surface area contributed by atoms with E-state index in [1.807, 2.05) is 76.2 Å². The number of carbonyl (C=O) groups excluding carboxylic acids is 2. The van der Waals surface area contributed by atoms with Crippen LogP contribution in [0, 0.1) is 32.5 Å². The van der Waals surface area contributed by atoms with Crippen molar-refractivity contribution in [2.45, 2.75) is 275 Å². The number of carbonyl (C=O) groups is 2. The average Bonchev–Trinajstić information content (AvgIpc) is 1.64. The molecule has 6 atom stereocenters. The molecule has 6 rings (SSSR count). The molecule has 4 aromatic heterocycles. The van der Waals surface area contributed by atoms with Crippen LogP contribution in [0.1, 0.15) is 235 Å². The molecule has 6 heterocycles. The molecule has 0 aromatic carbocycles. The standard InChI is InChI=1S/C26H46N4O4S2.2C26H38O8/c1-7-27-15-21(33)29(23(27)34)17-25(3,4)13-11-19(31)9-10-20(32)12-14-26(5,6)18-30-22(35)16-28(8-2)24(30)36;1-25(2,11-17-13-33-15-21(29)23(17)31)9-7-19(27)5-6-20(28)8-10-26(3,4)12-18-14-34-16-22(30)24(18)32;1-25(2,13-19-11-21(29)23(31)15-33-19)9-7-17(27)5-6-18(28)8-10-26(3,4)14-20-12-22(30)24(32)16-34-20/h19-20,31-32H,7-18H2,1-6H3;13-16,19-20,27-30H,5-12H2,1-4H3;11-12,15-18,27-28,31-32H,5-10,13-14H2,1-4H3. The number of hydrogen-bond donors (Lipinski definition) is 10. The maximum atomic E-state index is 12.4. The number of thiocarbonyl (C=S) groups is 2. The second-order valence-corrected chi connectivity index (χ2v) is 34.4. The van der Waals surface area contributed by atoms with Gasteiger partial charge >= 0.3 is 6.03 Å². The molecule has 24 nitrogen and oxygen atoms in total. The van der Waals surface area contributed by atoms with E-state index in [0.29, 0.717) is 177 Å². The van der Waals surface area contributed by atoms with Crippen molar-refractivity contribution in [2.24, 2.45) is 32.5 Å². The summed E-state index contributed by atoms with van der Waals surface area (Å²) in [6.45, 7) is 31.7. The Morgan fingerprint density at radius 1 is 0.394 bits per heavy atom. The van der Waals surface area contributed by atoms with E-state index in [4.69, 9.17) is 42.1 Å². The number of hydrogen-bond acceptors (Lipinski definition) is 22. The van der Waals surface area contributed by atoms with Crippen molar-refractivity contribution in [3.8, 4) is 23.0 Å². The number of rotatable bonds is 41. The summed E-state index contributed by atoms with van der Waals surface area (Å²) in [5.41, 5.74) is -2.31. The third kappa shape index (κ3) is 31.5. The van der Waals surface area contributed by atoms with Gasteiger partial charge < -0.3 is 83.4 Å². The van der Waals surface area contributed by atoms with Crippen molar-refractivity contribution in [1.82, 2.24) is 19.6 Å². The van der Waals surface area contributed by atoms with Gasteiger partial charge in [-0.3, -0.25) is 28.9 Å². The Bertz CT molecular complexity index is 3400. The van der Waals surface area contributed by atoms with Crippen LogP contribution >= 0.6 is 24.4 Å². The number of aromatic hydroxyl groups is 4.